The molecule has 0 saturated heterocycles. The Hall–Kier alpha value is -1.45. The highest BCUT2D eigenvalue weighted by molar-refractivity contribution is 5.80. The van der Waals surface area contributed by atoms with Gasteiger partial charge in [-0.2, -0.15) is 0 Å². The molecule has 2 aliphatic carbocycles. The van der Waals surface area contributed by atoms with Gasteiger partial charge in [-0.05, 0) is 37.3 Å². The van der Waals surface area contributed by atoms with Crippen molar-refractivity contribution >= 4 is 5.96 Å². The lowest BCUT2D eigenvalue weighted by molar-refractivity contribution is 0.409. The second kappa shape index (κ2) is 7.01. The molecule has 21 heavy (non-hydrogen) atoms. The number of nitrogens with one attached hydrogen (secondary N) is 2. The minimum absolute atomic E-state index is 0.600. The van der Waals surface area contributed by atoms with Gasteiger partial charge in [0.05, 0.1) is 6.26 Å². The summed E-state index contributed by atoms with van der Waals surface area (Å²) in [7, 11) is 0. The third kappa shape index (κ3) is 4.51. The first-order chi connectivity index (χ1) is 10.3. The quantitative estimate of drug-likeness (QED) is 0.647. The summed E-state index contributed by atoms with van der Waals surface area (Å²) in [6, 6.07) is 5.16. The summed E-state index contributed by atoms with van der Waals surface area (Å²) >= 11 is 0. The van der Waals surface area contributed by atoms with Gasteiger partial charge >= 0.3 is 0 Å². The Bertz CT molecular complexity index is 449. The van der Waals surface area contributed by atoms with Gasteiger partial charge in [0, 0.05) is 25.0 Å². The zero-order valence-electron chi connectivity index (χ0n) is 13.0. The van der Waals surface area contributed by atoms with Gasteiger partial charge in [-0.3, -0.25) is 4.99 Å². The van der Waals surface area contributed by atoms with Crippen LogP contribution in [0.5, 0.6) is 0 Å². The normalized spacial score (nSPS) is 26.6. The topological polar surface area (TPSA) is 49.6 Å². The van der Waals surface area contributed by atoms with Crippen molar-refractivity contribution in [1.82, 2.24) is 10.6 Å². The molecule has 2 unspecified atom stereocenters. The lowest BCUT2D eigenvalue weighted by Crippen LogP contribution is -2.45. The molecule has 1 heterocycles. The van der Waals surface area contributed by atoms with E-state index in [2.05, 4.69) is 17.6 Å². The molecule has 4 nitrogen and oxygen atoms in total. The molecule has 3 rings (SSSR count). The number of aliphatic imine (C=N–C) groups is 1. The molecule has 1 aromatic rings. The van der Waals surface area contributed by atoms with E-state index in [4.69, 9.17) is 9.41 Å². The van der Waals surface area contributed by atoms with Crippen LogP contribution in [0.4, 0.5) is 0 Å². The van der Waals surface area contributed by atoms with Crippen LogP contribution in [-0.4, -0.2) is 24.6 Å². The van der Waals surface area contributed by atoms with Gasteiger partial charge in [-0.15, -0.1) is 0 Å². The highest BCUT2D eigenvalue weighted by atomic mass is 16.3. The molecule has 2 fully saturated rings. The fourth-order valence-electron chi connectivity index (χ4n) is 3.00. The van der Waals surface area contributed by atoms with Gasteiger partial charge in [0.2, 0.25) is 0 Å². The van der Waals surface area contributed by atoms with E-state index in [0.717, 1.165) is 30.6 Å². The summed E-state index contributed by atoms with van der Waals surface area (Å²) in [5, 5.41) is 7.21. The number of hydrogen-bond donors (Lipinski definition) is 2. The SMILES string of the molecule is CC1CC1NC(=NCCc1ccco1)NC1CCCCC1. The third-order valence-electron chi connectivity index (χ3n) is 4.59. The predicted molar refractivity (Wildman–Crippen MR) is 85.4 cm³/mol. The Morgan fingerprint density at radius 3 is 2.76 bits per heavy atom. The maximum atomic E-state index is 5.37. The van der Waals surface area contributed by atoms with Crippen LogP contribution in [0.25, 0.3) is 0 Å². The second-order valence-electron chi connectivity index (χ2n) is 6.50. The van der Waals surface area contributed by atoms with E-state index < -0.39 is 0 Å². The monoisotopic (exact) mass is 289 g/mol. The van der Waals surface area contributed by atoms with Crippen molar-refractivity contribution in [3.8, 4) is 0 Å². The van der Waals surface area contributed by atoms with Gasteiger partial charge in [-0.1, -0.05) is 26.2 Å². The van der Waals surface area contributed by atoms with E-state index in [0.29, 0.717) is 12.1 Å². The Labute approximate surface area is 127 Å². The van der Waals surface area contributed by atoms with Crippen LogP contribution in [0.3, 0.4) is 0 Å². The number of furan rings is 1. The van der Waals surface area contributed by atoms with Crippen LogP contribution in [0.15, 0.2) is 27.8 Å². The Kier molecular flexibility index (Phi) is 4.84. The maximum Gasteiger partial charge on any atom is 0.191 e. The van der Waals surface area contributed by atoms with E-state index in [1.165, 1.54) is 38.5 Å². The zero-order valence-corrected chi connectivity index (χ0v) is 13.0. The summed E-state index contributed by atoms with van der Waals surface area (Å²) < 4.78 is 5.37. The summed E-state index contributed by atoms with van der Waals surface area (Å²) in [5.41, 5.74) is 0. The molecular formula is C17H27N3O. The molecule has 0 spiro atoms. The fourth-order valence-corrected chi connectivity index (χ4v) is 3.00. The number of guanidine groups is 1. The van der Waals surface area contributed by atoms with Gasteiger partial charge < -0.3 is 15.1 Å². The summed E-state index contributed by atoms with van der Waals surface area (Å²) in [4.78, 5) is 4.74. The van der Waals surface area contributed by atoms with Crippen LogP contribution in [0.1, 0.15) is 51.2 Å². The van der Waals surface area contributed by atoms with Crippen LogP contribution in [0, 0.1) is 5.92 Å². The molecule has 2 aliphatic rings. The first-order valence-corrected chi connectivity index (χ1v) is 8.41. The lowest BCUT2D eigenvalue weighted by Gasteiger charge is -2.25. The van der Waals surface area contributed by atoms with Gasteiger partial charge in [0.15, 0.2) is 5.96 Å². The fraction of sp³-hybridized carbons (Fsp3) is 0.706. The van der Waals surface area contributed by atoms with Gasteiger partial charge in [0.1, 0.15) is 5.76 Å². The summed E-state index contributed by atoms with van der Waals surface area (Å²) in [6.07, 6.45) is 10.5. The average Bonchev–Trinajstić information content (AvgIpc) is 2.98. The number of nitrogens with zero attached hydrogens (tertiary/aromatic N) is 1. The molecule has 0 bridgehead atoms. The van der Waals surface area contributed by atoms with E-state index >= 15 is 0 Å². The standard InChI is InChI=1S/C17H27N3O/c1-13-12-16(13)20-17(19-14-6-3-2-4-7-14)18-10-9-15-8-5-11-21-15/h5,8,11,13-14,16H,2-4,6-7,9-10,12H2,1H3,(H2,18,19,20). The maximum absolute atomic E-state index is 5.37. The van der Waals surface area contributed by atoms with Crippen LogP contribution >= 0.6 is 0 Å². The molecule has 0 amide bonds. The lowest BCUT2D eigenvalue weighted by atomic mass is 9.96. The highest BCUT2D eigenvalue weighted by Crippen LogP contribution is 2.29. The van der Waals surface area contributed by atoms with Crippen molar-refractivity contribution in [2.24, 2.45) is 10.9 Å². The van der Waals surface area contributed by atoms with Crippen LogP contribution < -0.4 is 10.6 Å². The van der Waals surface area contributed by atoms with Gasteiger partial charge in [0.25, 0.3) is 0 Å². The van der Waals surface area contributed by atoms with Crippen LogP contribution in [-0.2, 0) is 6.42 Å². The zero-order chi connectivity index (χ0) is 14.5. The molecule has 0 aromatic carbocycles. The molecular weight excluding hydrogens is 262 g/mol. The van der Waals surface area contributed by atoms with Gasteiger partial charge in [-0.25, -0.2) is 0 Å². The smallest absolute Gasteiger partial charge is 0.191 e. The molecule has 0 radical (unpaired) electrons. The number of rotatable bonds is 5. The molecule has 116 valence electrons. The molecule has 4 heteroatoms. The third-order valence-corrected chi connectivity index (χ3v) is 4.59. The van der Waals surface area contributed by atoms with E-state index in [1.807, 2.05) is 12.1 Å². The van der Waals surface area contributed by atoms with E-state index in [9.17, 15) is 0 Å². The largest absolute Gasteiger partial charge is 0.469 e. The Balaban J connectivity index is 1.52. The van der Waals surface area contributed by atoms with E-state index in [-0.39, 0.29) is 0 Å². The second-order valence-corrected chi connectivity index (χ2v) is 6.50. The van der Waals surface area contributed by atoms with Crippen molar-refractivity contribution in [2.45, 2.75) is 64.0 Å². The molecule has 2 atom stereocenters. The predicted octanol–water partition coefficient (Wildman–Crippen LogP) is 3.10. The summed E-state index contributed by atoms with van der Waals surface area (Å²) in [6.45, 7) is 3.06. The summed E-state index contributed by atoms with van der Waals surface area (Å²) in [5.74, 6) is 2.80. The minimum Gasteiger partial charge on any atom is -0.469 e. The van der Waals surface area contributed by atoms with Crippen molar-refractivity contribution < 1.29 is 4.42 Å². The average molecular weight is 289 g/mol. The molecule has 1 aromatic heterocycles. The van der Waals surface area contributed by atoms with Crippen molar-refractivity contribution in [3.05, 3.63) is 24.2 Å². The Morgan fingerprint density at radius 2 is 2.10 bits per heavy atom. The molecule has 2 N–H and O–H groups in total. The van der Waals surface area contributed by atoms with Crippen molar-refractivity contribution in [2.75, 3.05) is 6.54 Å². The Morgan fingerprint density at radius 1 is 1.29 bits per heavy atom. The highest BCUT2D eigenvalue weighted by Gasteiger charge is 2.33. The first-order valence-electron chi connectivity index (χ1n) is 8.41. The molecule has 2 saturated carbocycles. The van der Waals surface area contributed by atoms with E-state index in [1.54, 1.807) is 6.26 Å². The van der Waals surface area contributed by atoms with Crippen LogP contribution in [0.2, 0.25) is 0 Å². The van der Waals surface area contributed by atoms with Crippen molar-refractivity contribution in [3.63, 3.8) is 0 Å². The number of hydrogen-bond acceptors (Lipinski definition) is 2. The molecule has 0 aliphatic heterocycles. The minimum atomic E-state index is 0.600. The van der Waals surface area contributed by atoms with Crippen molar-refractivity contribution in [1.29, 1.82) is 0 Å². The first kappa shape index (κ1) is 14.5.